The molecule has 106 valence electrons. The largest absolute Gasteiger partial charge is 0.312 e. The molecule has 1 aliphatic rings. The number of rotatable bonds is 4. The Morgan fingerprint density at radius 3 is 2.63 bits per heavy atom. The summed E-state index contributed by atoms with van der Waals surface area (Å²) in [7, 11) is 2.24. The van der Waals surface area contributed by atoms with Gasteiger partial charge in [0.25, 0.3) is 0 Å². The quantitative estimate of drug-likeness (QED) is 0.895. The second kappa shape index (κ2) is 6.53. The van der Waals surface area contributed by atoms with E-state index in [0.29, 0.717) is 0 Å². The lowest BCUT2D eigenvalue weighted by molar-refractivity contribution is 0.206. The van der Waals surface area contributed by atoms with E-state index in [9.17, 15) is 0 Å². The van der Waals surface area contributed by atoms with Gasteiger partial charge in [0.1, 0.15) is 0 Å². The lowest BCUT2D eigenvalue weighted by Crippen LogP contribution is -2.37. The fraction of sp³-hybridized carbons (Fsp3) is 0.647. The van der Waals surface area contributed by atoms with Gasteiger partial charge < -0.3 is 10.2 Å². The summed E-state index contributed by atoms with van der Waals surface area (Å²) in [6, 6.07) is 4.64. The highest BCUT2D eigenvalue weighted by atomic mass is 15.1. The van der Waals surface area contributed by atoms with Crippen molar-refractivity contribution in [2.45, 2.75) is 40.2 Å². The predicted octanol–water partition coefficient (Wildman–Crippen LogP) is 3.04. The minimum absolute atomic E-state index is 0.825. The summed E-state index contributed by atoms with van der Waals surface area (Å²) >= 11 is 0. The van der Waals surface area contributed by atoms with Gasteiger partial charge in [-0.1, -0.05) is 12.1 Å². The third-order valence-electron chi connectivity index (χ3n) is 4.42. The van der Waals surface area contributed by atoms with Gasteiger partial charge in [-0.15, -0.1) is 0 Å². The first-order valence-electron chi connectivity index (χ1n) is 7.52. The van der Waals surface area contributed by atoms with Gasteiger partial charge in [-0.3, -0.25) is 0 Å². The first-order valence-corrected chi connectivity index (χ1v) is 7.52. The molecule has 1 aromatic carbocycles. The van der Waals surface area contributed by atoms with Crippen LogP contribution in [0.5, 0.6) is 0 Å². The maximum absolute atomic E-state index is 3.65. The monoisotopic (exact) mass is 260 g/mol. The van der Waals surface area contributed by atoms with E-state index < -0.39 is 0 Å². The van der Waals surface area contributed by atoms with E-state index in [2.05, 4.69) is 50.2 Å². The number of hydrogen-bond acceptors (Lipinski definition) is 2. The molecule has 1 atom stereocenters. The molecule has 2 rings (SSSR count). The van der Waals surface area contributed by atoms with E-state index in [-0.39, 0.29) is 0 Å². The molecular formula is C17H28N2. The second-order valence-corrected chi connectivity index (χ2v) is 6.26. The number of aryl methyl sites for hydroxylation is 3. The maximum atomic E-state index is 3.65. The topological polar surface area (TPSA) is 15.3 Å². The zero-order valence-electron chi connectivity index (χ0n) is 12.9. The second-order valence-electron chi connectivity index (χ2n) is 6.26. The summed E-state index contributed by atoms with van der Waals surface area (Å²) in [5.74, 6) is 0.825. The molecule has 1 aliphatic heterocycles. The number of hydrogen-bond donors (Lipinski definition) is 1. The molecule has 19 heavy (non-hydrogen) atoms. The summed E-state index contributed by atoms with van der Waals surface area (Å²) in [5, 5.41) is 3.65. The lowest BCUT2D eigenvalue weighted by atomic mass is 9.98. The SMILES string of the molecule is Cc1cc(C)c(CNCC2CCCN(C)C2)cc1C. The van der Waals surface area contributed by atoms with Gasteiger partial charge in [-0.25, -0.2) is 0 Å². The first-order chi connectivity index (χ1) is 9.06. The van der Waals surface area contributed by atoms with E-state index in [0.717, 1.165) is 19.0 Å². The number of piperidine rings is 1. The Morgan fingerprint density at radius 1 is 1.16 bits per heavy atom. The van der Waals surface area contributed by atoms with Crippen LogP contribution in [0.15, 0.2) is 12.1 Å². The van der Waals surface area contributed by atoms with Crippen molar-refractivity contribution in [2.75, 3.05) is 26.7 Å². The van der Waals surface area contributed by atoms with Crippen molar-refractivity contribution in [3.8, 4) is 0 Å². The molecular weight excluding hydrogens is 232 g/mol. The number of likely N-dealkylation sites (tertiary alicyclic amines) is 1. The molecule has 1 aromatic rings. The molecule has 2 heteroatoms. The first kappa shape index (κ1) is 14.5. The molecule has 0 bridgehead atoms. The van der Waals surface area contributed by atoms with Crippen LogP contribution in [-0.4, -0.2) is 31.6 Å². The van der Waals surface area contributed by atoms with E-state index in [1.807, 2.05) is 0 Å². The molecule has 1 saturated heterocycles. The fourth-order valence-corrected chi connectivity index (χ4v) is 3.06. The molecule has 1 fully saturated rings. The van der Waals surface area contributed by atoms with E-state index >= 15 is 0 Å². The Labute approximate surface area is 118 Å². The third kappa shape index (κ3) is 4.05. The average Bonchev–Trinajstić information content (AvgIpc) is 2.35. The summed E-state index contributed by atoms with van der Waals surface area (Å²) < 4.78 is 0. The van der Waals surface area contributed by atoms with Crippen LogP contribution in [-0.2, 0) is 6.54 Å². The van der Waals surface area contributed by atoms with Crippen LogP contribution in [0.25, 0.3) is 0 Å². The van der Waals surface area contributed by atoms with Crippen molar-refractivity contribution < 1.29 is 0 Å². The van der Waals surface area contributed by atoms with Crippen molar-refractivity contribution >= 4 is 0 Å². The van der Waals surface area contributed by atoms with Crippen LogP contribution in [0, 0.1) is 26.7 Å². The molecule has 0 amide bonds. The Hall–Kier alpha value is -0.860. The van der Waals surface area contributed by atoms with Gasteiger partial charge in [0.2, 0.25) is 0 Å². The van der Waals surface area contributed by atoms with Crippen molar-refractivity contribution in [1.82, 2.24) is 10.2 Å². The Balaban J connectivity index is 1.84. The highest BCUT2D eigenvalue weighted by Gasteiger charge is 2.16. The highest BCUT2D eigenvalue weighted by molar-refractivity contribution is 5.36. The molecule has 1 heterocycles. The zero-order valence-corrected chi connectivity index (χ0v) is 12.9. The lowest BCUT2D eigenvalue weighted by Gasteiger charge is -2.29. The Bertz CT molecular complexity index is 426. The summed E-state index contributed by atoms with van der Waals surface area (Å²) in [6.45, 7) is 11.3. The zero-order chi connectivity index (χ0) is 13.8. The van der Waals surface area contributed by atoms with E-state index in [4.69, 9.17) is 0 Å². The number of nitrogens with zero attached hydrogens (tertiary/aromatic N) is 1. The summed E-state index contributed by atoms with van der Waals surface area (Å²) in [4.78, 5) is 2.46. The summed E-state index contributed by atoms with van der Waals surface area (Å²) in [5.41, 5.74) is 5.67. The predicted molar refractivity (Wildman–Crippen MR) is 82.6 cm³/mol. The van der Waals surface area contributed by atoms with E-state index in [1.165, 1.54) is 48.2 Å². The molecule has 1 N–H and O–H groups in total. The standard InChI is InChI=1S/C17H28N2/c1-13-8-15(3)17(9-14(13)2)11-18-10-16-6-5-7-19(4)12-16/h8-9,16,18H,5-7,10-12H2,1-4H3. The minimum Gasteiger partial charge on any atom is -0.312 e. The molecule has 0 saturated carbocycles. The van der Waals surface area contributed by atoms with Crippen LogP contribution in [0.1, 0.15) is 35.1 Å². The molecule has 0 spiro atoms. The Kier molecular flexibility index (Phi) is 5.00. The summed E-state index contributed by atoms with van der Waals surface area (Å²) in [6.07, 6.45) is 2.73. The number of benzene rings is 1. The normalized spacial score (nSPS) is 20.7. The number of nitrogens with one attached hydrogen (secondary N) is 1. The van der Waals surface area contributed by atoms with Gasteiger partial charge in [0.15, 0.2) is 0 Å². The van der Waals surface area contributed by atoms with Gasteiger partial charge in [-0.2, -0.15) is 0 Å². The smallest absolute Gasteiger partial charge is 0.0208 e. The van der Waals surface area contributed by atoms with Crippen LogP contribution in [0.4, 0.5) is 0 Å². The minimum atomic E-state index is 0.825. The van der Waals surface area contributed by atoms with Crippen molar-refractivity contribution in [3.63, 3.8) is 0 Å². The fourth-order valence-electron chi connectivity index (χ4n) is 3.06. The van der Waals surface area contributed by atoms with Gasteiger partial charge >= 0.3 is 0 Å². The van der Waals surface area contributed by atoms with Crippen molar-refractivity contribution in [2.24, 2.45) is 5.92 Å². The average molecular weight is 260 g/mol. The van der Waals surface area contributed by atoms with Gasteiger partial charge in [0.05, 0.1) is 0 Å². The molecule has 0 radical (unpaired) electrons. The molecule has 2 nitrogen and oxygen atoms in total. The van der Waals surface area contributed by atoms with Crippen LogP contribution >= 0.6 is 0 Å². The van der Waals surface area contributed by atoms with Crippen LogP contribution in [0.2, 0.25) is 0 Å². The van der Waals surface area contributed by atoms with Crippen LogP contribution in [0.3, 0.4) is 0 Å². The highest BCUT2D eigenvalue weighted by Crippen LogP contribution is 2.16. The molecule has 1 unspecified atom stereocenters. The van der Waals surface area contributed by atoms with Gasteiger partial charge in [0, 0.05) is 13.1 Å². The van der Waals surface area contributed by atoms with Crippen molar-refractivity contribution in [3.05, 3.63) is 34.4 Å². The maximum Gasteiger partial charge on any atom is 0.0208 e. The molecule has 0 aromatic heterocycles. The van der Waals surface area contributed by atoms with E-state index in [1.54, 1.807) is 0 Å². The molecule has 0 aliphatic carbocycles. The Morgan fingerprint density at radius 2 is 1.89 bits per heavy atom. The van der Waals surface area contributed by atoms with Gasteiger partial charge in [-0.05, 0) is 81.9 Å². The van der Waals surface area contributed by atoms with Crippen LogP contribution < -0.4 is 5.32 Å². The van der Waals surface area contributed by atoms with Crippen molar-refractivity contribution in [1.29, 1.82) is 0 Å². The third-order valence-corrected chi connectivity index (χ3v) is 4.42.